The number of hydrogen-bond acceptors (Lipinski definition) is 5. The molecule has 0 amide bonds. The van der Waals surface area contributed by atoms with Crippen molar-refractivity contribution in [3.05, 3.63) is 64.7 Å². The third kappa shape index (κ3) is 2.92. The van der Waals surface area contributed by atoms with Crippen LogP contribution in [0, 0.1) is 10.1 Å². The van der Waals surface area contributed by atoms with Gasteiger partial charge in [-0.1, -0.05) is 35.2 Å². The Kier molecular flexibility index (Phi) is 3.69. The van der Waals surface area contributed by atoms with E-state index in [0.717, 1.165) is 0 Å². The van der Waals surface area contributed by atoms with E-state index in [4.69, 9.17) is 0 Å². The molecule has 0 atom stereocenters. The highest BCUT2D eigenvalue weighted by atomic mass is 32.2. The van der Waals surface area contributed by atoms with Gasteiger partial charge in [-0.3, -0.25) is 10.1 Å². The molecule has 0 saturated heterocycles. The van der Waals surface area contributed by atoms with Gasteiger partial charge in [0.05, 0.1) is 4.92 Å². The van der Waals surface area contributed by atoms with Crippen LogP contribution in [0.1, 0.15) is 0 Å². The van der Waals surface area contributed by atoms with Crippen LogP contribution in [-0.2, 0) is 14.8 Å². The van der Waals surface area contributed by atoms with E-state index in [1.807, 2.05) is 6.07 Å². The zero-order chi connectivity index (χ0) is 13.0. The maximum atomic E-state index is 11.8. The van der Waals surface area contributed by atoms with Gasteiger partial charge in [0.1, 0.15) is 0 Å². The number of nitro groups is 1. The average Bonchev–Trinajstić information content (AvgIpc) is 2.40. The predicted molar refractivity (Wildman–Crippen MR) is 67.9 cm³/mol. The monoisotopic (exact) mass is 261 g/mol. The molecule has 92 valence electrons. The Hall–Kier alpha value is -2.21. The second kappa shape index (κ2) is 5.42. The SMILES string of the molecule is O=[N+]([O-])c1ccc(N=[S-](=O)c2ccccc2)cc1. The van der Waals surface area contributed by atoms with Crippen LogP contribution < -0.4 is 0 Å². The molecule has 0 aliphatic heterocycles. The molecule has 0 N–H and O–H groups in total. The summed E-state index contributed by atoms with van der Waals surface area (Å²) in [5.74, 6) is 0. The average molecular weight is 261 g/mol. The van der Waals surface area contributed by atoms with Gasteiger partial charge < -0.3 is 8.57 Å². The summed E-state index contributed by atoms with van der Waals surface area (Å²) < 4.78 is 15.8. The summed E-state index contributed by atoms with van der Waals surface area (Å²) in [5.41, 5.74) is 0.433. The number of benzene rings is 2. The number of rotatable bonds is 3. The fourth-order valence-corrected chi connectivity index (χ4v) is 2.13. The molecule has 0 heterocycles. The van der Waals surface area contributed by atoms with Crippen LogP contribution in [0.15, 0.2) is 63.9 Å². The van der Waals surface area contributed by atoms with E-state index in [1.54, 1.807) is 24.3 Å². The third-order valence-corrected chi connectivity index (χ3v) is 3.25. The Morgan fingerprint density at radius 3 is 2.17 bits per heavy atom. The summed E-state index contributed by atoms with van der Waals surface area (Å²) in [5, 5.41) is 10.5. The molecular weight excluding hydrogens is 252 g/mol. The molecule has 0 unspecified atom stereocenters. The van der Waals surface area contributed by atoms with E-state index in [1.165, 1.54) is 24.3 Å². The first-order chi connectivity index (χ1) is 8.66. The van der Waals surface area contributed by atoms with Crippen LogP contribution in [0.5, 0.6) is 0 Å². The smallest absolute Gasteiger partial charge is 0.269 e. The van der Waals surface area contributed by atoms with Gasteiger partial charge in [-0.15, -0.1) is 0 Å². The van der Waals surface area contributed by atoms with Gasteiger partial charge in [0.25, 0.3) is 5.69 Å². The van der Waals surface area contributed by atoms with Gasteiger partial charge >= 0.3 is 0 Å². The van der Waals surface area contributed by atoms with Gasteiger partial charge in [0, 0.05) is 17.8 Å². The molecule has 0 radical (unpaired) electrons. The van der Waals surface area contributed by atoms with Gasteiger partial charge in [-0.25, -0.2) is 0 Å². The largest absolute Gasteiger partial charge is 0.440 e. The van der Waals surface area contributed by atoms with Gasteiger partial charge in [-0.05, 0) is 12.1 Å². The summed E-state index contributed by atoms with van der Waals surface area (Å²) >= 11 is 0. The van der Waals surface area contributed by atoms with Crippen LogP contribution in [0.4, 0.5) is 11.4 Å². The number of non-ortho nitro benzene ring substituents is 1. The first kappa shape index (κ1) is 12.3. The normalized spacial score (nSPS) is 12.2. The molecule has 2 aromatic rings. The van der Waals surface area contributed by atoms with Crippen molar-refractivity contribution >= 4 is 22.0 Å². The van der Waals surface area contributed by atoms with Crippen LogP contribution in [0.25, 0.3) is 0 Å². The van der Waals surface area contributed by atoms with Gasteiger partial charge in [-0.2, -0.15) is 10.6 Å². The van der Waals surface area contributed by atoms with Crippen molar-refractivity contribution in [1.82, 2.24) is 0 Å². The Morgan fingerprint density at radius 1 is 1.00 bits per heavy atom. The molecular formula is C12H9N2O3S-. The molecule has 2 aromatic carbocycles. The lowest BCUT2D eigenvalue weighted by atomic mass is 10.3. The molecule has 5 nitrogen and oxygen atoms in total. The summed E-state index contributed by atoms with van der Waals surface area (Å²) in [7, 11) is -1.50. The zero-order valence-electron chi connectivity index (χ0n) is 9.22. The van der Waals surface area contributed by atoms with E-state index >= 15 is 0 Å². The molecule has 0 aromatic heterocycles. The highest BCUT2D eigenvalue weighted by Gasteiger charge is 2.01. The van der Waals surface area contributed by atoms with Crippen LogP contribution in [0.2, 0.25) is 0 Å². The minimum absolute atomic E-state index is 0.0144. The van der Waals surface area contributed by atoms with Crippen molar-refractivity contribution in [2.45, 2.75) is 4.90 Å². The van der Waals surface area contributed by atoms with Gasteiger partial charge in [0.2, 0.25) is 0 Å². The van der Waals surface area contributed by atoms with Crippen molar-refractivity contribution in [2.24, 2.45) is 4.36 Å². The lowest BCUT2D eigenvalue weighted by molar-refractivity contribution is -0.384. The molecule has 18 heavy (non-hydrogen) atoms. The molecule has 2 rings (SSSR count). The number of nitro benzene ring substituents is 1. The van der Waals surface area contributed by atoms with Crippen molar-refractivity contribution in [3.63, 3.8) is 0 Å². The molecule has 0 bridgehead atoms. The second-order valence-electron chi connectivity index (χ2n) is 3.43. The third-order valence-electron chi connectivity index (χ3n) is 2.19. The summed E-state index contributed by atoms with van der Waals surface area (Å²) in [6, 6.07) is 14.4. The quantitative estimate of drug-likeness (QED) is 0.482. The molecule has 6 heteroatoms. The van der Waals surface area contributed by atoms with E-state index in [9.17, 15) is 14.3 Å². The summed E-state index contributed by atoms with van der Waals surface area (Å²) in [6.07, 6.45) is 0. The van der Waals surface area contributed by atoms with Crippen molar-refractivity contribution in [1.29, 1.82) is 0 Å². The molecule has 0 saturated carbocycles. The molecule has 0 aliphatic rings. The maximum absolute atomic E-state index is 11.8. The standard InChI is InChI=1S/C12H9N2O3S/c15-14(16)11-8-6-10(7-9-11)13-18(17)12-4-2-1-3-5-12/h1-9H/q-1. The predicted octanol–water partition coefficient (Wildman–Crippen LogP) is 3.43. The minimum atomic E-state index is -1.50. The highest BCUT2D eigenvalue weighted by molar-refractivity contribution is 7.75. The van der Waals surface area contributed by atoms with Crippen molar-refractivity contribution in [2.75, 3.05) is 0 Å². The topological polar surface area (TPSA) is 72.6 Å². The van der Waals surface area contributed by atoms with Crippen LogP contribution in [-0.4, -0.2) is 4.92 Å². The highest BCUT2D eigenvalue weighted by Crippen LogP contribution is 2.19. The summed E-state index contributed by atoms with van der Waals surface area (Å²) in [6.45, 7) is 0. The summed E-state index contributed by atoms with van der Waals surface area (Å²) in [4.78, 5) is 10.6. The Bertz CT molecular complexity index is 632. The first-order valence-corrected chi connectivity index (χ1v) is 6.20. The van der Waals surface area contributed by atoms with Crippen LogP contribution in [0.3, 0.4) is 0 Å². The second-order valence-corrected chi connectivity index (χ2v) is 4.58. The number of hydrogen-bond donors (Lipinski definition) is 0. The minimum Gasteiger partial charge on any atom is -0.440 e. The maximum Gasteiger partial charge on any atom is 0.269 e. The molecule has 0 aliphatic carbocycles. The Morgan fingerprint density at radius 2 is 1.61 bits per heavy atom. The fraction of sp³-hybridized carbons (Fsp3) is 0. The number of nitrogens with zero attached hydrogens (tertiary/aromatic N) is 2. The van der Waals surface area contributed by atoms with Crippen LogP contribution >= 0.6 is 0 Å². The van der Waals surface area contributed by atoms with Gasteiger partial charge in [0.15, 0.2) is 0 Å². The van der Waals surface area contributed by atoms with E-state index in [2.05, 4.69) is 4.36 Å². The van der Waals surface area contributed by atoms with Crippen molar-refractivity contribution in [3.8, 4) is 0 Å². The molecule has 0 spiro atoms. The Balaban J connectivity index is 2.28. The lowest BCUT2D eigenvalue weighted by Crippen LogP contribution is -1.85. The lowest BCUT2D eigenvalue weighted by Gasteiger charge is -2.04. The van der Waals surface area contributed by atoms with E-state index in [0.29, 0.717) is 10.6 Å². The zero-order valence-corrected chi connectivity index (χ0v) is 10.0. The Labute approximate surface area is 105 Å². The van der Waals surface area contributed by atoms with E-state index in [-0.39, 0.29) is 5.69 Å². The van der Waals surface area contributed by atoms with E-state index < -0.39 is 15.5 Å². The van der Waals surface area contributed by atoms with Crippen molar-refractivity contribution < 1.29 is 9.13 Å². The molecule has 0 fully saturated rings. The first-order valence-electron chi connectivity index (χ1n) is 5.10. The fourth-order valence-electron chi connectivity index (χ4n) is 1.32.